The fourth-order valence-electron chi connectivity index (χ4n) is 4.65. The SMILES string of the molecule is CC(C)n1cnc2cc(C(=O)N3CCC[C@H](c4cccc(-c5cccc(Cl)c5)n4)C3)ccc21. The highest BCUT2D eigenvalue weighted by molar-refractivity contribution is 6.30. The van der Waals surface area contributed by atoms with Crippen molar-refractivity contribution in [3.8, 4) is 11.3 Å². The first-order valence-corrected chi connectivity index (χ1v) is 11.9. The molecule has 3 heterocycles. The molecule has 0 unspecified atom stereocenters. The Balaban J connectivity index is 1.36. The number of nitrogens with zero attached hydrogens (tertiary/aromatic N) is 4. The summed E-state index contributed by atoms with van der Waals surface area (Å²) in [5.41, 5.74) is 5.54. The van der Waals surface area contributed by atoms with Crippen molar-refractivity contribution in [2.24, 2.45) is 0 Å². The van der Waals surface area contributed by atoms with Gasteiger partial charge in [-0.1, -0.05) is 29.8 Å². The number of carbonyl (C=O) groups excluding carboxylic acids is 1. The van der Waals surface area contributed by atoms with E-state index in [0.717, 1.165) is 47.4 Å². The Morgan fingerprint density at radius 1 is 1.09 bits per heavy atom. The number of aromatic nitrogens is 3. The summed E-state index contributed by atoms with van der Waals surface area (Å²) in [5.74, 6) is 0.275. The molecular weight excluding hydrogens is 432 g/mol. The van der Waals surface area contributed by atoms with Crippen molar-refractivity contribution >= 4 is 28.5 Å². The fraction of sp³-hybridized carbons (Fsp3) is 0.296. The summed E-state index contributed by atoms with van der Waals surface area (Å²) >= 11 is 6.17. The van der Waals surface area contributed by atoms with Crippen molar-refractivity contribution in [3.63, 3.8) is 0 Å². The van der Waals surface area contributed by atoms with E-state index in [1.54, 1.807) is 0 Å². The van der Waals surface area contributed by atoms with E-state index in [4.69, 9.17) is 16.6 Å². The fourth-order valence-corrected chi connectivity index (χ4v) is 4.84. The zero-order chi connectivity index (χ0) is 22.9. The van der Waals surface area contributed by atoms with Crippen LogP contribution in [-0.4, -0.2) is 38.4 Å². The summed E-state index contributed by atoms with van der Waals surface area (Å²) in [6, 6.07) is 20.0. The minimum atomic E-state index is 0.0618. The summed E-state index contributed by atoms with van der Waals surface area (Å²) < 4.78 is 2.12. The molecule has 1 saturated heterocycles. The number of piperidine rings is 1. The van der Waals surface area contributed by atoms with Gasteiger partial charge in [-0.05, 0) is 69.2 Å². The average molecular weight is 459 g/mol. The Hall–Kier alpha value is -3.18. The van der Waals surface area contributed by atoms with E-state index < -0.39 is 0 Å². The predicted octanol–water partition coefficient (Wildman–Crippen LogP) is 6.35. The second-order valence-electron chi connectivity index (χ2n) is 9.00. The maximum atomic E-state index is 13.3. The highest BCUT2D eigenvalue weighted by atomic mass is 35.5. The molecule has 5 rings (SSSR count). The van der Waals surface area contributed by atoms with Crippen LogP contribution in [0.2, 0.25) is 5.02 Å². The van der Waals surface area contributed by atoms with Gasteiger partial charge in [0.1, 0.15) is 0 Å². The van der Waals surface area contributed by atoms with Gasteiger partial charge in [-0.25, -0.2) is 4.98 Å². The number of hydrogen-bond acceptors (Lipinski definition) is 3. The van der Waals surface area contributed by atoms with Gasteiger partial charge in [0.15, 0.2) is 0 Å². The van der Waals surface area contributed by atoms with Crippen LogP contribution in [0, 0.1) is 0 Å². The third kappa shape index (κ3) is 4.38. The van der Waals surface area contributed by atoms with Crippen molar-refractivity contribution in [3.05, 3.63) is 83.3 Å². The molecule has 1 amide bonds. The van der Waals surface area contributed by atoms with E-state index in [1.807, 2.05) is 65.8 Å². The van der Waals surface area contributed by atoms with Crippen molar-refractivity contribution < 1.29 is 4.79 Å². The lowest BCUT2D eigenvalue weighted by Gasteiger charge is -2.32. The van der Waals surface area contributed by atoms with Crippen molar-refractivity contribution in [2.45, 2.75) is 38.6 Å². The summed E-state index contributed by atoms with van der Waals surface area (Å²) in [4.78, 5) is 24.7. The van der Waals surface area contributed by atoms with Gasteiger partial charge in [-0.3, -0.25) is 9.78 Å². The molecule has 2 aromatic carbocycles. The van der Waals surface area contributed by atoms with E-state index in [1.165, 1.54) is 0 Å². The highest BCUT2D eigenvalue weighted by Crippen LogP contribution is 2.29. The quantitative estimate of drug-likeness (QED) is 0.358. The molecule has 0 aliphatic carbocycles. The monoisotopic (exact) mass is 458 g/mol. The van der Waals surface area contributed by atoms with Gasteiger partial charge in [-0.2, -0.15) is 0 Å². The van der Waals surface area contributed by atoms with Gasteiger partial charge in [0.05, 0.1) is 23.1 Å². The average Bonchev–Trinajstić information content (AvgIpc) is 3.27. The zero-order valence-electron chi connectivity index (χ0n) is 18.9. The molecule has 5 nitrogen and oxygen atoms in total. The molecule has 4 aromatic rings. The normalized spacial score (nSPS) is 16.5. The van der Waals surface area contributed by atoms with Crippen LogP contribution in [0.5, 0.6) is 0 Å². The van der Waals surface area contributed by atoms with Crippen molar-refractivity contribution in [1.29, 1.82) is 0 Å². The first-order chi connectivity index (χ1) is 16.0. The standard InChI is InChI=1S/C27H27ClN4O/c1-18(2)32-17-29-25-15-20(11-12-26(25)32)27(33)31-13-5-7-21(16-31)24-10-4-9-23(30-24)19-6-3-8-22(28)14-19/h3-4,6,8-12,14-15,17-18,21H,5,7,13,16H2,1-2H3/t21-/m0/s1. The topological polar surface area (TPSA) is 51.0 Å². The van der Waals surface area contributed by atoms with E-state index in [2.05, 4.69) is 29.5 Å². The molecule has 0 radical (unpaired) electrons. The lowest BCUT2D eigenvalue weighted by Crippen LogP contribution is -2.39. The lowest BCUT2D eigenvalue weighted by molar-refractivity contribution is 0.0706. The molecule has 1 aliphatic heterocycles. The summed E-state index contributed by atoms with van der Waals surface area (Å²) in [5, 5.41) is 0.698. The number of carbonyl (C=O) groups is 1. The zero-order valence-corrected chi connectivity index (χ0v) is 19.7. The van der Waals surface area contributed by atoms with E-state index in [-0.39, 0.29) is 11.8 Å². The molecule has 1 fully saturated rings. The number of pyridine rings is 1. The molecule has 0 bridgehead atoms. The van der Waals surface area contributed by atoms with Crippen LogP contribution in [0.25, 0.3) is 22.3 Å². The molecule has 1 aliphatic rings. The van der Waals surface area contributed by atoms with Crippen LogP contribution in [0.4, 0.5) is 0 Å². The van der Waals surface area contributed by atoms with E-state index >= 15 is 0 Å². The summed E-state index contributed by atoms with van der Waals surface area (Å²) in [7, 11) is 0. The number of imidazole rings is 1. The van der Waals surface area contributed by atoms with Crippen LogP contribution in [-0.2, 0) is 0 Å². The molecule has 33 heavy (non-hydrogen) atoms. The van der Waals surface area contributed by atoms with Gasteiger partial charge < -0.3 is 9.47 Å². The lowest BCUT2D eigenvalue weighted by atomic mass is 9.93. The maximum absolute atomic E-state index is 13.3. The molecule has 6 heteroatoms. The number of likely N-dealkylation sites (tertiary alicyclic amines) is 1. The van der Waals surface area contributed by atoms with Gasteiger partial charge in [0, 0.05) is 46.9 Å². The molecule has 2 aromatic heterocycles. The Labute approximate surface area is 199 Å². The van der Waals surface area contributed by atoms with Crippen LogP contribution < -0.4 is 0 Å². The first kappa shape index (κ1) is 21.7. The van der Waals surface area contributed by atoms with Gasteiger partial charge in [-0.15, -0.1) is 0 Å². The number of amides is 1. The smallest absolute Gasteiger partial charge is 0.253 e. The van der Waals surface area contributed by atoms with Crippen LogP contribution >= 0.6 is 11.6 Å². The highest BCUT2D eigenvalue weighted by Gasteiger charge is 2.27. The third-order valence-corrected chi connectivity index (χ3v) is 6.63. The molecular formula is C27H27ClN4O. The molecule has 0 saturated carbocycles. The predicted molar refractivity (Wildman–Crippen MR) is 133 cm³/mol. The number of fused-ring (bicyclic) bond motifs is 1. The third-order valence-electron chi connectivity index (χ3n) is 6.40. The second kappa shape index (κ2) is 8.99. The molecule has 168 valence electrons. The Kier molecular flexibility index (Phi) is 5.90. The van der Waals surface area contributed by atoms with Crippen molar-refractivity contribution in [2.75, 3.05) is 13.1 Å². The largest absolute Gasteiger partial charge is 0.338 e. The van der Waals surface area contributed by atoms with Crippen LogP contribution in [0.15, 0.2) is 67.0 Å². The Morgan fingerprint density at radius 2 is 1.94 bits per heavy atom. The van der Waals surface area contributed by atoms with Crippen molar-refractivity contribution in [1.82, 2.24) is 19.4 Å². The van der Waals surface area contributed by atoms with Gasteiger partial charge in [0.25, 0.3) is 5.91 Å². The number of hydrogen-bond donors (Lipinski definition) is 0. The summed E-state index contributed by atoms with van der Waals surface area (Å²) in [6.07, 6.45) is 3.83. The number of benzene rings is 2. The van der Waals surface area contributed by atoms with Gasteiger partial charge in [0.2, 0.25) is 0 Å². The number of halogens is 1. The first-order valence-electron chi connectivity index (χ1n) is 11.5. The minimum absolute atomic E-state index is 0.0618. The second-order valence-corrected chi connectivity index (χ2v) is 9.43. The van der Waals surface area contributed by atoms with Crippen LogP contribution in [0.1, 0.15) is 54.7 Å². The molecule has 0 N–H and O–H groups in total. The van der Waals surface area contributed by atoms with Gasteiger partial charge >= 0.3 is 0 Å². The summed E-state index contributed by atoms with van der Waals surface area (Å²) in [6.45, 7) is 5.69. The van der Waals surface area contributed by atoms with E-state index in [0.29, 0.717) is 23.2 Å². The maximum Gasteiger partial charge on any atom is 0.253 e. The van der Waals surface area contributed by atoms with E-state index in [9.17, 15) is 4.79 Å². The Bertz CT molecular complexity index is 1310. The number of rotatable bonds is 4. The Morgan fingerprint density at radius 3 is 2.76 bits per heavy atom. The molecule has 1 atom stereocenters. The minimum Gasteiger partial charge on any atom is -0.338 e. The van der Waals surface area contributed by atoms with Crippen LogP contribution in [0.3, 0.4) is 0 Å². The molecule has 0 spiro atoms.